The van der Waals surface area contributed by atoms with E-state index in [1.807, 2.05) is 12.1 Å². The lowest BCUT2D eigenvalue weighted by atomic mass is 9.86. The van der Waals surface area contributed by atoms with Crippen LogP contribution in [0.4, 0.5) is 0 Å². The number of pyridine rings is 1. The van der Waals surface area contributed by atoms with E-state index < -0.39 is 5.91 Å². The van der Waals surface area contributed by atoms with Gasteiger partial charge in [-0.1, -0.05) is 22.0 Å². The van der Waals surface area contributed by atoms with Crippen LogP contribution in [0.1, 0.15) is 40.2 Å². The van der Waals surface area contributed by atoms with Crippen LogP contribution >= 0.6 is 15.9 Å². The molecule has 1 saturated carbocycles. The highest BCUT2D eigenvalue weighted by atomic mass is 79.9. The molecule has 1 aromatic carbocycles. The maximum atomic E-state index is 11.8. The Morgan fingerprint density at radius 2 is 2.00 bits per heavy atom. The minimum atomic E-state index is -0.425. The van der Waals surface area contributed by atoms with E-state index >= 15 is 0 Å². The van der Waals surface area contributed by atoms with Gasteiger partial charge in [-0.2, -0.15) is 0 Å². The number of nitrogens with two attached hydrogens (primary N) is 1. The molecule has 3 rings (SSSR count). The molecule has 2 unspecified atom stereocenters. The number of hydrogen-bond donors (Lipinski definition) is 1. The van der Waals surface area contributed by atoms with Crippen molar-refractivity contribution in [1.29, 1.82) is 0 Å². The van der Waals surface area contributed by atoms with Crippen LogP contribution in [0.25, 0.3) is 0 Å². The summed E-state index contributed by atoms with van der Waals surface area (Å²) in [6, 6.07) is 7.68. The molecule has 0 radical (unpaired) electrons. The fourth-order valence-corrected chi connectivity index (χ4v) is 4.33. The van der Waals surface area contributed by atoms with Gasteiger partial charge in [-0.15, -0.1) is 0 Å². The Hall–Kier alpha value is -2.08. The summed E-state index contributed by atoms with van der Waals surface area (Å²) < 4.78 is 10.8. The number of carbonyl (C=O) groups excluding carboxylic acids is 1. The molecule has 5 nitrogen and oxygen atoms in total. The largest absolute Gasteiger partial charge is 0.493 e. The van der Waals surface area contributed by atoms with Gasteiger partial charge in [0.25, 0.3) is 0 Å². The summed E-state index contributed by atoms with van der Waals surface area (Å²) in [6.45, 7) is 0. The molecule has 1 heterocycles. The Balaban J connectivity index is 1.98. The Kier molecular flexibility index (Phi) is 5.81. The van der Waals surface area contributed by atoms with Crippen LogP contribution in [-0.4, -0.2) is 29.9 Å². The van der Waals surface area contributed by atoms with E-state index in [0.29, 0.717) is 34.2 Å². The molecule has 0 spiro atoms. The van der Waals surface area contributed by atoms with Gasteiger partial charge in [0.05, 0.1) is 14.2 Å². The number of nitrogens with zero attached hydrogens (tertiary/aromatic N) is 1. The first-order valence-electron chi connectivity index (χ1n) is 8.63. The molecular formula is C20H23BrN2O3. The molecule has 1 aromatic heterocycles. The second-order valence-corrected chi connectivity index (χ2v) is 7.66. The molecular weight excluding hydrogens is 396 g/mol. The third-order valence-corrected chi connectivity index (χ3v) is 6.29. The van der Waals surface area contributed by atoms with E-state index in [9.17, 15) is 4.79 Å². The fourth-order valence-electron chi connectivity index (χ4n) is 3.31. The maximum Gasteiger partial charge on any atom is 0.249 e. The molecule has 138 valence electrons. The summed E-state index contributed by atoms with van der Waals surface area (Å²) in [5, 5.41) is 0. The molecule has 1 aliphatic rings. The van der Waals surface area contributed by atoms with Gasteiger partial charge in [0.2, 0.25) is 5.91 Å². The monoisotopic (exact) mass is 418 g/mol. The Bertz CT molecular complexity index is 792. The SMILES string of the molecule is COc1ccc(C(Cc2cnccc2C(N)=O)C(Br)C2CC2)cc1OC. The lowest BCUT2D eigenvalue weighted by molar-refractivity contribution is 0.0999. The number of alkyl halides is 1. The molecule has 2 N–H and O–H groups in total. The predicted molar refractivity (Wildman–Crippen MR) is 104 cm³/mol. The minimum absolute atomic E-state index is 0.171. The number of hydrogen-bond acceptors (Lipinski definition) is 4. The first-order valence-corrected chi connectivity index (χ1v) is 9.55. The number of carbonyl (C=O) groups is 1. The minimum Gasteiger partial charge on any atom is -0.493 e. The van der Waals surface area contributed by atoms with Crippen molar-refractivity contribution in [3.63, 3.8) is 0 Å². The Morgan fingerprint density at radius 3 is 2.62 bits per heavy atom. The first-order chi connectivity index (χ1) is 12.5. The van der Waals surface area contributed by atoms with Crippen LogP contribution in [0, 0.1) is 5.92 Å². The molecule has 0 aliphatic heterocycles. The van der Waals surface area contributed by atoms with Crippen molar-refractivity contribution in [2.24, 2.45) is 11.7 Å². The van der Waals surface area contributed by atoms with Gasteiger partial charge >= 0.3 is 0 Å². The second kappa shape index (κ2) is 8.08. The standard InChI is InChI=1S/C20H23BrN2O3/c1-25-17-6-5-13(10-18(17)26-2)16(19(21)12-3-4-12)9-14-11-23-8-7-15(14)20(22)24/h5-8,10-12,16,19H,3-4,9H2,1-2H3,(H2,22,24). The zero-order valence-corrected chi connectivity index (χ0v) is 16.5. The number of halogens is 1. The van der Waals surface area contributed by atoms with Crippen LogP contribution in [-0.2, 0) is 6.42 Å². The van der Waals surface area contributed by atoms with Gasteiger partial charge < -0.3 is 15.2 Å². The van der Waals surface area contributed by atoms with Crippen LogP contribution in [0.3, 0.4) is 0 Å². The van der Waals surface area contributed by atoms with Gasteiger partial charge in [0.1, 0.15) is 0 Å². The van der Waals surface area contributed by atoms with Gasteiger partial charge in [-0.25, -0.2) is 0 Å². The summed E-state index contributed by atoms with van der Waals surface area (Å²) >= 11 is 3.90. The van der Waals surface area contributed by atoms with Gasteiger partial charge in [-0.05, 0) is 54.5 Å². The quantitative estimate of drug-likeness (QED) is 0.663. The van der Waals surface area contributed by atoms with Crippen LogP contribution in [0.15, 0.2) is 36.7 Å². The van der Waals surface area contributed by atoms with E-state index in [2.05, 4.69) is 27.0 Å². The van der Waals surface area contributed by atoms with Crippen molar-refractivity contribution in [3.05, 3.63) is 53.3 Å². The highest BCUT2D eigenvalue weighted by Gasteiger charge is 2.36. The van der Waals surface area contributed by atoms with Crippen LogP contribution < -0.4 is 15.2 Å². The van der Waals surface area contributed by atoms with Crippen molar-refractivity contribution < 1.29 is 14.3 Å². The summed E-state index contributed by atoms with van der Waals surface area (Å²) in [5.74, 6) is 1.79. The predicted octanol–water partition coefficient (Wildman–Crippen LogP) is 3.70. The summed E-state index contributed by atoms with van der Waals surface area (Å²) in [5.41, 5.74) is 8.08. The topological polar surface area (TPSA) is 74.4 Å². The summed E-state index contributed by atoms with van der Waals surface area (Å²) in [7, 11) is 3.26. The molecule has 1 aliphatic carbocycles. The molecule has 1 amide bonds. The summed E-state index contributed by atoms with van der Waals surface area (Å²) in [4.78, 5) is 16.3. The number of benzene rings is 1. The number of methoxy groups -OCH3 is 2. The second-order valence-electron chi connectivity index (χ2n) is 6.60. The molecule has 6 heteroatoms. The zero-order valence-electron chi connectivity index (χ0n) is 14.9. The smallest absolute Gasteiger partial charge is 0.249 e. The third-order valence-electron chi connectivity index (χ3n) is 4.90. The number of primary amides is 1. The lowest BCUT2D eigenvalue weighted by Gasteiger charge is -2.25. The van der Waals surface area contributed by atoms with Gasteiger partial charge in [0.15, 0.2) is 11.5 Å². The fraction of sp³-hybridized carbons (Fsp3) is 0.400. The molecule has 0 saturated heterocycles. The Morgan fingerprint density at radius 1 is 1.27 bits per heavy atom. The van der Waals surface area contributed by atoms with E-state index in [-0.39, 0.29) is 5.92 Å². The first kappa shape index (κ1) is 18.7. The van der Waals surface area contributed by atoms with Crippen molar-refractivity contribution in [3.8, 4) is 11.5 Å². The van der Waals surface area contributed by atoms with Crippen molar-refractivity contribution >= 4 is 21.8 Å². The number of ether oxygens (including phenoxy) is 2. The molecule has 2 atom stereocenters. The van der Waals surface area contributed by atoms with E-state index in [1.165, 1.54) is 12.8 Å². The molecule has 1 fully saturated rings. The van der Waals surface area contributed by atoms with E-state index in [4.69, 9.17) is 15.2 Å². The van der Waals surface area contributed by atoms with Gasteiger partial charge in [0, 0.05) is 28.7 Å². The zero-order chi connectivity index (χ0) is 18.7. The van der Waals surface area contributed by atoms with Crippen molar-refractivity contribution in [2.75, 3.05) is 14.2 Å². The van der Waals surface area contributed by atoms with Crippen LogP contribution in [0.2, 0.25) is 0 Å². The van der Waals surface area contributed by atoms with Crippen LogP contribution in [0.5, 0.6) is 11.5 Å². The number of amides is 1. The average Bonchev–Trinajstić information content (AvgIpc) is 3.50. The maximum absolute atomic E-state index is 11.8. The number of aromatic nitrogens is 1. The molecule has 26 heavy (non-hydrogen) atoms. The third kappa shape index (κ3) is 4.01. The average molecular weight is 419 g/mol. The summed E-state index contributed by atoms with van der Waals surface area (Å²) in [6.07, 6.45) is 6.45. The molecule has 2 aromatic rings. The van der Waals surface area contributed by atoms with Crippen molar-refractivity contribution in [1.82, 2.24) is 4.98 Å². The van der Waals surface area contributed by atoms with E-state index in [1.54, 1.807) is 32.7 Å². The highest BCUT2D eigenvalue weighted by molar-refractivity contribution is 9.09. The van der Waals surface area contributed by atoms with Crippen molar-refractivity contribution in [2.45, 2.75) is 30.0 Å². The molecule has 0 bridgehead atoms. The normalized spacial score (nSPS) is 16.0. The lowest BCUT2D eigenvalue weighted by Crippen LogP contribution is -2.20. The van der Waals surface area contributed by atoms with E-state index in [0.717, 1.165) is 11.1 Å². The van der Waals surface area contributed by atoms with Gasteiger partial charge in [-0.3, -0.25) is 9.78 Å². The Labute approximate surface area is 162 Å². The highest BCUT2D eigenvalue weighted by Crippen LogP contribution is 2.45. The number of rotatable bonds is 8.